The van der Waals surface area contributed by atoms with Crippen molar-refractivity contribution in [2.24, 2.45) is 11.7 Å². The highest BCUT2D eigenvalue weighted by atomic mass is 35.5. The minimum absolute atomic E-state index is 0.0560. The lowest BCUT2D eigenvalue weighted by Crippen LogP contribution is -2.40. The van der Waals surface area contributed by atoms with Crippen LogP contribution in [-0.4, -0.2) is 35.4 Å². The first-order valence-corrected chi connectivity index (χ1v) is 7.39. The minimum atomic E-state index is -0.213. The summed E-state index contributed by atoms with van der Waals surface area (Å²) in [6, 6.07) is 3.73. The first-order chi connectivity index (χ1) is 9.60. The van der Waals surface area contributed by atoms with Gasteiger partial charge in [-0.1, -0.05) is 11.6 Å². The number of amides is 1. The predicted molar refractivity (Wildman–Crippen MR) is 80.6 cm³/mol. The van der Waals surface area contributed by atoms with E-state index in [1.165, 1.54) is 0 Å². The number of rotatable bonds is 5. The third-order valence-corrected chi connectivity index (χ3v) is 3.90. The van der Waals surface area contributed by atoms with Crippen LogP contribution in [0.5, 0.6) is 0 Å². The standard InChI is InChI=1S/C14H21ClN4O/c1-2-17-13-6-5-11(15)12(18-13)9-19-7-3-4-10(8-19)14(16)20/h5-6,10H,2-4,7-9H2,1H3,(H2,16,20)(H,17,18). The van der Waals surface area contributed by atoms with Gasteiger partial charge in [0.2, 0.25) is 5.91 Å². The number of nitrogens with two attached hydrogens (primary N) is 1. The number of aromatic nitrogens is 1. The van der Waals surface area contributed by atoms with Gasteiger partial charge in [-0.25, -0.2) is 4.98 Å². The molecule has 1 aromatic rings. The van der Waals surface area contributed by atoms with E-state index in [0.717, 1.165) is 37.4 Å². The topological polar surface area (TPSA) is 71.2 Å². The molecule has 1 atom stereocenters. The highest BCUT2D eigenvalue weighted by molar-refractivity contribution is 6.31. The number of nitrogens with zero attached hydrogens (tertiary/aromatic N) is 2. The fourth-order valence-electron chi connectivity index (χ4n) is 2.52. The molecule has 3 N–H and O–H groups in total. The number of likely N-dealkylation sites (tertiary alicyclic amines) is 1. The zero-order chi connectivity index (χ0) is 14.5. The normalized spacial score (nSPS) is 19.8. The molecule has 110 valence electrons. The Balaban J connectivity index is 2.05. The molecule has 5 nitrogen and oxygen atoms in total. The van der Waals surface area contributed by atoms with E-state index in [-0.39, 0.29) is 11.8 Å². The number of carbonyl (C=O) groups is 1. The summed E-state index contributed by atoms with van der Waals surface area (Å²) in [4.78, 5) is 18.0. The number of primary amides is 1. The number of carbonyl (C=O) groups excluding carboxylic acids is 1. The molecule has 1 amide bonds. The predicted octanol–water partition coefficient (Wildman–Crippen LogP) is 1.86. The van der Waals surface area contributed by atoms with Crippen molar-refractivity contribution in [3.8, 4) is 0 Å². The third-order valence-electron chi connectivity index (χ3n) is 3.56. The Hall–Kier alpha value is -1.33. The first-order valence-electron chi connectivity index (χ1n) is 7.01. The molecule has 2 heterocycles. The van der Waals surface area contributed by atoms with E-state index >= 15 is 0 Å². The number of anilines is 1. The molecule has 0 radical (unpaired) electrons. The van der Waals surface area contributed by atoms with Gasteiger partial charge in [-0.15, -0.1) is 0 Å². The monoisotopic (exact) mass is 296 g/mol. The lowest BCUT2D eigenvalue weighted by Gasteiger charge is -2.31. The maximum absolute atomic E-state index is 11.3. The van der Waals surface area contributed by atoms with Crippen LogP contribution in [-0.2, 0) is 11.3 Å². The fourth-order valence-corrected chi connectivity index (χ4v) is 2.68. The summed E-state index contributed by atoms with van der Waals surface area (Å²) in [5.41, 5.74) is 6.24. The van der Waals surface area contributed by atoms with Crippen LogP contribution >= 0.6 is 11.6 Å². The van der Waals surface area contributed by atoms with Crippen LogP contribution < -0.4 is 11.1 Å². The maximum Gasteiger partial charge on any atom is 0.221 e. The molecular formula is C14H21ClN4O. The molecule has 0 aromatic carbocycles. The number of hydrogen-bond donors (Lipinski definition) is 2. The highest BCUT2D eigenvalue weighted by Crippen LogP contribution is 2.22. The van der Waals surface area contributed by atoms with Gasteiger partial charge in [0, 0.05) is 19.6 Å². The second-order valence-corrected chi connectivity index (χ2v) is 5.54. The van der Waals surface area contributed by atoms with Crippen molar-refractivity contribution < 1.29 is 4.79 Å². The van der Waals surface area contributed by atoms with Gasteiger partial charge in [0.1, 0.15) is 5.82 Å². The summed E-state index contributed by atoms with van der Waals surface area (Å²) in [6.07, 6.45) is 1.86. The van der Waals surface area contributed by atoms with E-state index in [2.05, 4.69) is 15.2 Å². The molecule has 1 aliphatic heterocycles. The van der Waals surface area contributed by atoms with Gasteiger partial charge in [-0.2, -0.15) is 0 Å². The molecule has 2 rings (SSSR count). The van der Waals surface area contributed by atoms with Gasteiger partial charge in [0.25, 0.3) is 0 Å². The van der Waals surface area contributed by atoms with Gasteiger partial charge in [-0.05, 0) is 38.4 Å². The molecule has 0 aliphatic carbocycles. The molecule has 0 saturated carbocycles. The smallest absolute Gasteiger partial charge is 0.221 e. The fraction of sp³-hybridized carbons (Fsp3) is 0.571. The van der Waals surface area contributed by atoms with E-state index in [4.69, 9.17) is 17.3 Å². The van der Waals surface area contributed by atoms with E-state index in [1.807, 2.05) is 19.1 Å². The summed E-state index contributed by atoms with van der Waals surface area (Å²) < 4.78 is 0. The van der Waals surface area contributed by atoms with Crippen molar-refractivity contribution in [1.29, 1.82) is 0 Å². The number of nitrogens with one attached hydrogen (secondary N) is 1. The zero-order valence-corrected chi connectivity index (χ0v) is 12.5. The first kappa shape index (κ1) is 15.1. The van der Waals surface area contributed by atoms with Crippen LogP contribution in [0.25, 0.3) is 0 Å². The number of piperidine rings is 1. The van der Waals surface area contributed by atoms with Crippen LogP contribution in [0.3, 0.4) is 0 Å². The molecule has 20 heavy (non-hydrogen) atoms. The van der Waals surface area contributed by atoms with E-state index in [0.29, 0.717) is 18.1 Å². The Morgan fingerprint density at radius 1 is 1.60 bits per heavy atom. The number of pyridine rings is 1. The lowest BCUT2D eigenvalue weighted by atomic mass is 9.97. The second kappa shape index (κ2) is 6.90. The van der Waals surface area contributed by atoms with E-state index < -0.39 is 0 Å². The molecule has 1 fully saturated rings. The second-order valence-electron chi connectivity index (χ2n) is 5.13. The van der Waals surface area contributed by atoms with E-state index in [1.54, 1.807) is 0 Å². The lowest BCUT2D eigenvalue weighted by molar-refractivity contribution is -0.123. The summed E-state index contributed by atoms with van der Waals surface area (Å²) >= 11 is 6.21. The molecule has 0 bridgehead atoms. The molecule has 1 aliphatic rings. The van der Waals surface area contributed by atoms with Crippen molar-refractivity contribution in [2.45, 2.75) is 26.3 Å². The van der Waals surface area contributed by atoms with E-state index in [9.17, 15) is 4.79 Å². The summed E-state index contributed by atoms with van der Waals surface area (Å²) in [5, 5.41) is 3.84. The summed E-state index contributed by atoms with van der Waals surface area (Å²) in [5.74, 6) is 0.560. The third kappa shape index (κ3) is 3.84. The average Bonchev–Trinajstić information content (AvgIpc) is 2.43. The van der Waals surface area contributed by atoms with Crippen LogP contribution in [0.15, 0.2) is 12.1 Å². The van der Waals surface area contributed by atoms with Crippen molar-refractivity contribution >= 4 is 23.3 Å². The molecule has 1 aromatic heterocycles. The van der Waals surface area contributed by atoms with Gasteiger partial charge in [0.15, 0.2) is 0 Å². The van der Waals surface area contributed by atoms with Gasteiger partial charge < -0.3 is 11.1 Å². The number of halogens is 1. The number of hydrogen-bond acceptors (Lipinski definition) is 4. The minimum Gasteiger partial charge on any atom is -0.370 e. The molecule has 0 spiro atoms. The molecule has 6 heteroatoms. The Morgan fingerprint density at radius 3 is 3.10 bits per heavy atom. The average molecular weight is 297 g/mol. The van der Waals surface area contributed by atoms with Gasteiger partial charge in [-0.3, -0.25) is 9.69 Å². The van der Waals surface area contributed by atoms with Gasteiger partial charge >= 0.3 is 0 Å². The van der Waals surface area contributed by atoms with Crippen molar-refractivity contribution in [3.05, 3.63) is 22.8 Å². The van der Waals surface area contributed by atoms with Crippen molar-refractivity contribution in [2.75, 3.05) is 25.0 Å². The Kier molecular flexibility index (Phi) is 5.20. The molecule has 1 saturated heterocycles. The Bertz CT molecular complexity index is 480. The summed E-state index contributed by atoms with van der Waals surface area (Å²) in [7, 11) is 0. The zero-order valence-electron chi connectivity index (χ0n) is 11.7. The Labute approximate surface area is 124 Å². The summed E-state index contributed by atoms with van der Waals surface area (Å²) in [6.45, 7) is 5.15. The maximum atomic E-state index is 11.3. The van der Waals surface area contributed by atoms with Gasteiger partial charge in [0.05, 0.1) is 16.6 Å². The Morgan fingerprint density at radius 2 is 2.40 bits per heavy atom. The van der Waals surface area contributed by atoms with Crippen LogP contribution in [0.1, 0.15) is 25.5 Å². The highest BCUT2D eigenvalue weighted by Gasteiger charge is 2.24. The van der Waals surface area contributed by atoms with Crippen LogP contribution in [0, 0.1) is 5.92 Å². The SMILES string of the molecule is CCNc1ccc(Cl)c(CN2CCCC(C(N)=O)C2)n1. The quantitative estimate of drug-likeness (QED) is 0.870. The largest absolute Gasteiger partial charge is 0.370 e. The van der Waals surface area contributed by atoms with Crippen molar-refractivity contribution in [3.63, 3.8) is 0 Å². The van der Waals surface area contributed by atoms with Crippen LogP contribution in [0.4, 0.5) is 5.82 Å². The molecule has 1 unspecified atom stereocenters. The molecular weight excluding hydrogens is 276 g/mol. The van der Waals surface area contributed by atoms with Crippen LogP contribution in [0.2, 0.25) is 5.02 Å². The van der Waals surface area contributed by atoms with Crippen molar-refractivity contribution in [1.82, 2.24) is 9.88 Å².